The second-order valence-electron chi connectivity index (χ2n) is 6.63. The van der Waals surface area contributed by atoms with E-state index in [1.807, 2.05) is 36.4 Å². The zero-order valence-electron chi connectivity index (χ0n) is 14.7. The summed E-state index contributed by atoms with van der Waals surface area (Å²) < 4.78 is 5.27. The normalized spacial score (nSPS) is 27.6. The fourth-order valence-electron chi connectivity index (χ4n) is 4.28. The van der Waals surface area contributed by atoms with Gasteiger partial charge in [-0.05, 0) is 43.2 Å². The highest BCUT2D eigenvalue weighted by Gasteiger charge is 2.58. The third kappa shape index (κ3) is 2.48. The van der Waals surface area contributed by atoms with Crippen molar-refractivity contribution in [3.8, 4) is 12.1 Å². The predicted molar refractivity (Wildman–Crippen MR) is 96.1 cm³/mol. The summed E-state index contributed by atoms with van der Waals surface area (Å²) in [5, 5.41) is 19.9. The van der Waals surface area contributed by atoms with Crippen molar-refractivity contribution in [3.05, 3.63) is 58.8 Å². The lowest BCUT2D eigenvalue weighted by Crippen LogP contribution is -2.49. The van der Waals surface area contributed by atoms with Gasteiger partial charge in [0.05, 0.1) is 23.9 Å². The number of ether oxygens (including phenoxy) is 1. The highest BCUT2D eigenvalue weighted by Crippen LogP contribution is 2.56. The summed E-state index contributed by atoms with van der Waals surface area (Å²) >= 11 is 0. The molecule has 0 amide bonds. The van der Waals surface area contributed by atoms with Crippen LogP contribution in [-0.4, -0.2) is 12.6 Å². The van der Waals surface area contributed by atoms with Crippen LogP contribution in [-0.2, 0) is 9.53 Å². The third-order valence-electron chi connectivity index (χ3n) is 5.38. The van der Waals surface area contributed by atoms with Crippen LogP contribution in [0.3, 0.4) is 0 Å². The van der Waals surface area contributed by atoms with Crippen molar-refractivity contribution in [2.75, 3.05) is 6.61 Å². The fourth-order valence-corrected chi connectivity index (χ4v) is 4.28. The first kappa shape index (κ1) is 17.8. The van der Waals surface area contributed by atoms with E-state index in [2.05, 4.69) is 12.1 Å². The molecule has 0 bridgehead atoms. The summed E-state index contributed by atoms with van der Waals surface area (Å²) in [5.41, 5.74) is 6.64. The van der Waals surface area contributed by atoms with Crippen LogP contribution in [0.4, 0.5) is 0 Å². The SMILES string of the molecule is CCOC(=O)[C@@]1(C#N)C(N)=C(C#N)C2=CCCC[C@H]2[C@H]1c1ccccc1. The quantitative estimate of drug-likeness (QED) is 0.845. The Balaban J connectivity index is 2.34. The van der Waals surface area contributed by atoms with Crippen LogP contribution in [0.25, 0.3) is 0 Å². The fraction of sp³-hybridized carbons (Fsp3) is 0.381. The molecular formula is C21H21N3O2. The molecule has 0 radical (unpaired) electrons. The van der Waals surface area contributed by atoms with E-state index in [9.17, 15) is 15.3 Å². The first-order chi connectivity index (χ1) is 12.6. The van der Waals surface area contributed by atoms with Gasteiger partial charge in [-0.15, -0.1) is 0 Å². The second-order valence-corrected chi connectivity index (χ2v) is 6.63. The van der Waals surface area contributed by atoms with E-state index in [0.717, 1.165) is 30.4 Å². The van der Waals surface area contributed by atoms with E-state index >= 15 is 0 Å². The smallest absolute Gasteiger partial charge is 0.333 e. The van der Waals surface area contributed by atoms with Crippen molar-refractivity contribution in [3.63, 3.8) is 0 Å². The Morgan fingerprint density at radius 1 is 1.35 bits per heavy atom. The number of esters is 1. The lowest BCUT2D eigenvalue weighted by atomic mass is 9.56. The van der Waals surface area contributed by atoms with Crippen molar-refractivity contribution in [2.45, 2.75) is 32.1 Å². The number of nitrogens with zero attached hydrogens (tertiary/aromatic N) is 2. The van der Waals surface area contributed by atoms with Gasteiger partial charge in [0.2, 0.25) is 5.41 Å². The molecule has 2 aliphatic carbocycles. The summed E-state index contributed by atoms with van der Waals surface area (Å²) in [7, 11) is 0. The van der Waals surface area contributed by atoms with Gasteiger partial charge in [-0.2, -0.15) is 10.5 Å². The van der Waals surface area contributed by atoms with E-state index in [0.29, 0.717) is 0 Å². The van der Waals surface area contributed by atoms with Gasteiger partial charge in [0.1, 0.15) is 6.07 Å². The van der Waals surface area contributed by atoms with E-state index in [4.69, 9.17) is 10.5 Å². The Morgan fingerprint density at radius 3 is 2.69 bits per heavy atom. The minimum absolute atomic E-state index is 0.0132. The molecule has 0 spiro atoms. The van der Waals surface area contributed by atoms with Crippen molar-refractivity contribution in [1.29, 1.82) is 10.5 Å². The minimum atomic E-state index is -1.69. The van der Waals surface area contributed by atoms with Crippen LogP contribution in [0.5, 0.6) is 0 Å². The van der Waals surface area contributed by atoms with Crippen molar-refractivity contribution >= 4 is 5.97 Å². The number of nitrogens with two attached hydrogens (primary N) is 1. The summed E-state index contributed by atoms with van der Waals surface area (Å²) in [6, 6.07) is 13.8. The molecule has 3 atom stereocenters. The van der Waals surface area contributed by atoms with Gasteiger partial charge in [0.25, 0.3) is 0 Å². The van der Waals surface area contributed by atoms with Gasteiger partial charge in [-0.1, -0.05) is 36.4 Å². The van der Waals surface area contributed by atoms with Crippen LogP contribution in [0, 0.1) is 34.0 Å². The first-order valence-corrected chi connectivity index (χ1v) is 8.86. The molecule has 26 heavy (non-hydrogen) atoms. The summed E-state index contributed by atoms with van der Waals surface area (Å²) in [6.45, 7) is 1.84. The second kappa shape index (κ2) is 7.06. The van der Waals surface area contributed by atoms with Gasteiger partial charge in [0.15, 0.2) is 0 Å². The molecule has 3 rings (SSSR count). The van der Waals surface area contributed by atoms with Crippen LogP contribution >= 0.6 is 0 Å². The molecule has 5 nitrogen and oxygen atoms in total. The van der Waals surface area contributed by atoms with Crippen LogP contribution in [0.2, 0.25) is 0 Å². The number of hydrogen-bond donors (Lipinski definition) is 1. The molecule has 0 fully saturated rings. The largest absolute Gasteiger partial charge is 0.464 e. The van der Waals surface area contributed by atoms with Crippen LogP contribution in [0.1, 0.15) is 37.7 Å². The molecule has 0 aromatic heterocycles. The molecule has 0 heterocycles. The van der Waals surface area contributed by atoms with E-state index in [-0.39, 0.29) is 23.8 Å². The Bertz CT molecular complexity index is 857. The monoisotopic (exact) mass is 347 g/mol. The molecule has 0 saturated carbocycles. The number of allylic oxidation sites excluding steroid dienone is 3. The molecule has 2 N–H and O–H groups in total. The van der Waals surface area contributed by atoms with E-state index in [1.54, 1.807) is 6.92 Å². The molecule has 0 saturated heterocycles. The predicted octanol–water partition coefficient (Wildman–Crippen LogP) is 3.32. The maximum atomic E-state index is 13.0. The molecule has 0 aliphatic heterocycles. The summed E-state index contributed by atoms with van der Waals surface area (Å²) in [5.74, 6) is -1.26. The van der Waals surface area contributed by atoms with Gasteiger partial charge in [0, 0.05) is 5.92 Å². The highest BCUT2D eigenvalue weighted by molar-refractivity contribution is 5.87. The maximum Gasteiger partial charge on any atom is 0.333 e. The molecule has 1 aromatic rings. The number of carbonyl (C=O) groups is 1. The number of fused-ring (bicyclic) bond motifs is 1. The van der Waals surface area contributed by atoms with Gasteiger partial charge in [-0.25, -0.2) is 4.79 Å². The molecular weight excluding hydrogens is 326 g/mol. The third-order valence-corrected chi connectivity index (χ3v) is 5.38. The Morgan fingerprint density at radius 2 is 2.08 bits per heavy atom. The Labute approximate surface area is 153 Å². The topological polar surface area (TPSA) is 99.9 Å². The summed E-state index contributed by atoms with van der Waals surface area (Å²) in [4.78, 5) is 13.0. The van der Waals surface area contributed by atoms with Gasteiger partial charge < -0.3 is 10.5 Å². The van der Waals surface area contributed by atoms with Gasteiger partial charge in [-0.3, -0.25) is 0 Å². The van der Waals surface area contributed by atoms with Crippen molar-refractivity contribution in [1.82, 2.24) is 0 Å². The molecule has 5 heteroatoms. The number of hydrogen-bond acceptors (Lipinski definition) is 5. The number of nitriles is 2. The number of carbonyl (C=O) groups excluding carboxylic acids is 1. The molecule has 1 aromatic carbocycles. The standard InChI is InChI=1S/C21H21N3O2/c1-2-26-20(25)21(13-23)18(14-8-4-3-5-9-14)16-11-7-6-10-15(16)17(12-22)19(21)24/h3-5,8-10,16,18H,2,6-7,11,24H2,1H3/t16-,18-,21-/m1/s1. The Hall–Kier alpha value is -3.05. The zero-order valence-corrected chi connectivity index (χ0v) is 14.7. The van der Waals surface area contributed by atoms with Crippen molar-refractivity contribution < 1.29 is 9.53 Å². The van der Waals surface area contributed by atoms with E-state index < -0.39 is 17.3 Å². The van der Waals surface area contributed by atoms with Crippen LogP contribution in [0.15, 0.2) is 53.3 Å². The molecule has 2 aliphatic rings. The number of benzene rings is 1. The zero-order chi connectivity index (χ0) is 18.7. The first-order valence-electron chi connectivity index (χ1n) is 8.86. The van der Waals surface area contributed by atoms with Crippen molar-refractivity contribution in [2.24, 2.45) is 17.1 Å². The lowest BCUT2D eigenvalue weighted by Gasteiger charge is -2.45. The minimum Gasteiger partial charge on any atom is -0.464 e. The lowest BCUT2D eigenvalue weighted by molar-refractivity contribution is -0.152. The average molecular weight is 347 g/mol. The average Bonchev–Trinajstić information content (AvgIpc) is 2.68. The number of rotatable bonds is 3. The maximum absolute atomic E-state index is 13.0. The Kier molecular flexibility index (Phi) is 4.82. The van der Waals surface area contributed by atoms with Gasteiger partial charge >= 0.3 is 5.97 Å². The summed E-state index contributed by atoms with van der Waals surface area (Å²) in [6.07, 6.45) is 4.64. The molecule has 132 valence electrons. The molecule has 0 unspecified atom stereocenters. The van der Waals surface area contributed by atoms with Crippen LogP contribution < -0.4 is 5.73 Å². The highest BCUT2D eigenvalue weighted by atomic mass is 16.5. The van der Waals surface area contributed by atoms with E-state index in [1.165, 1.54) is 0 Å².